The lowest BCUT2D eigenvalue weighted by atomic mass is 10.0. The van der Waals surface area contributed by atoms with Crippen LogP contribution < -0.4 is 0 Å². The van der Waals surface area contributed by atoms with Crippen molar-refractivity contribution in [3.63, 3.8) is 0 Å². The molecule has 0 radical (unpaired) electrons. The Morgan fingerprint density at radius 2 is 2.31 bits per heavy atom. The first-order valence-corrected chi connectivity index (χ1v) is 4.44. The molecule has 68 valence electrons. The van der Waals surface area contributed by atoms with Crippen LogP contribution in [0.5, 0.6) is 0 Å². The van der Waals surface area contributed by atoms with E-state index in [4.69, 9.17) is 4.52 Å². The van der Waals surface area contributed by atoms with Gasteiger partial charge in [-0.2, -0.15) is 4.99 Å². The summed E-state index contributed by atoms with van der Waals surface area (Å²) in [5.41, 5.74) is 1.36. The highest BCUT2D eigenvalue weighted by Gasteiger charge is 2.23. The molecule has 0 amide bonds. The minimum atomic E-state index is 0.422. The van der Waals surface area contributed by atoms with Gasteiger partial charge in [-0.1, -0.05) is 18.0 Å². The van der Waals surface area contributed by atoms with Crippen LogP contribution in [0, 0.1) is 0 Å². The molecule has 0 aromatic carbocycles. The predicted octanol–water partition coefficient (Wildman–Crippen LogP) is 2.30. The van der Waals surface area contributed by atoms with Crippen LogP contribution in [0.3, 0.4) is 0 Å². The smallest absolute Gasteiger partial charge is 0.240 e. The standard InChI is InChI=1S/C9H10N2O2/c12-6-10-8-5-13-11-9(8)7-3-1-2-4-7/h5,7H,1-4H2. The zero-order valence-corrected chi connectivity index (χ0v) is 7.19. The highest BCUT2D eigenvalue weighted by molar-refractivity contribution is 5.50. The molecule has 4 nitrogen and oxygen atoms in total. The van der Waals surface area contributed by atoms with E-state index >= 15 is 0 Å². The largest absolute Gasteiger partial charge is 0.362 e. The summed E-state index contributed by atoms with van der Waals surface area (Å²) in [7, 11) is 0. The first-order valence-electron chi connectivity index (χ1n) is 4.44. The van der Waals surface area contributed by atoms with Gasteiger partial charge >= 0.3 is 0 Å². The molecule has 4 heteroatoms. The second-order valence-corrected chi connectivity index (χ2v) is 3.27. The number of aromatic nitrogens is 1. The van der Waals surface area contributed by atoms with Crippen LogP contribution in [0.1, 0.15) is 37.3 Å². The third-order valence-electron chi connectivity index (χ3n) is 2.49. The van der Waals surface area contributed by atoms with Gasteiger partial charge in [-0.05, 0) is 12.8 Å². The van der Waals surface area contributed by atoms with Gasteiger partial charge in [0.2, 0.25) is 6.08 Å². The van der Waals surface area contributed by atoms with Crippen molar-refractivity contribution in [3.8, 4) is 0 Å². The number of rotatable bonds is 2. The van der Waals surface area contributed by atoms with Crippen molar-refractivity contribution in [2.24, 2.45) is 4.99 Å². The Labute approximate surface area is 75.6 Å². The molecule has 1 fully saturated rings. The second-order valence-electron chi connectivity index (χ2n) is 3.27. The lowest BCUT2D eigenvalue weighted by Gasteiger charge is -2.02. The Bertz CT molecular complexity index is 333. The maximum absolute atomic E-state index is 10.1. The SMILES string of the molecule is O=C=Nc1conc1C1CCCC1. The van der Waals surface area contributed by atoms with Crippen LogP contribution in [0.2, 0.25) is 0 Å². The predicted molar refractivity (Wildman–Crippen MR) is 45.5 cm³/mol. The zero-order valence-electron chi connectivity index (χ0n) is 7.19. The van der Waals surface area contributed by atoms with E-state index in [1.165, 1.54) is 25.2 Å². The number of isocyanates is 1. The molecule has 0 bridgehead atoms. The molecule has 0 spiro atoms. The van der Waals surface area contributed by atoms with E-state index in [0.717, 1.165) is 18.5 Å². The maximum atomic E-state index is 10.1. The van der Waals surface area contributed by atoms with Gasteiger partial charge in [0.05, 0.1) is 0 Å². The van der Waals surface area contributed by atoms with E-state index < -0.39 is 0 Å². The number of aliphatic imine (C=N–C) groups is 1. The van der Waals surface area contributed by atoms with E-state index in [-0.39, 0.29) is 0 Å². The van der Waals surface area contributed by atoms with Gasteiger partial charge in [0.15, 0.2) is 6.26 Å². The van der Waals surface area contributed by atoms with Crippen LogP contribution in [0.25, 0.3) is 0 Å². The molecule has 0 N–H and O–H groups in total. The van der Waals surface area contributed by atoms with Crippen LogP contribution in [0.15, 0.2) is 15.8 Å². The molecular weight excluding hydrogens is 168 g/mol. The van der Waals surface area contributed by atoms with E-state index in [9.17, 15) is 4.79 Å². The summed E-state index contributed by atoms with van der Waals surface area (Å²) >= 11 is 0. The fourth-order valence-electron chi connectivity index (χ4n) is 1.86. The van der Waals surface area contributed by atoms with Crippen molar-refractivity contribution in [2.45, 2.75) is 31.6 Å². The summed E-state index contributed by atoms with van der Waals surface area (Å²) in [5.74, 6) is 0.422. The van der Waals surface area contributed by atoms with Gasteiger partial charge in [-0.25, -0.2) is 4.79 Å². The highest BCUT2D eigenvalue weighted by atomic mass is 16.5. The Morgan fingerprint density at radius 3 is 3.00 bits per heavy atom. The normalized spacial score (nSPS) is 17.2. The van der Waals surface area contributed by atoms with E-state index in [1.54, 1.807) is 0 Å². The van der Waals surface area contributed by atoms with Crippen LogP contribution >= 0.6 is 0 Å². The average Bonchev–Trinajstić information content (AvgIpc) is 2.71. The Kier molecular flexibility index (Phi) is 2.23. The molecule has 1 aliphatic carbocycles. The fraction of sp³-hybridized carbons (Fsp3) is 0.556. The minimum absolute atomic E-state index is 0.422. The van der Waals surface area contributed by atoms with E-state index in [1.807, 2.05) is 0 Å². The summed E-state index contributed by atoms with van der Waals surface area (Å²) < 4.78 is 4.79. The molecule has 1 heterocycles. The number of nitrogens with zero attached hydrogens (tertiary/aromatic N) is 2. The van der Waals surface area contributed by atoms with Crippen molar-refractivity contribution in [1.82, 2.24) is 5.16 Å². The van der Waals surface area contributed by atoms with Gasteiger partial charge < -0.3 is 4.52 Å². The molecule has 0 unspecified atom stereocenters. The molecule has 0 saturated heterocycles. The van der Waals surface area contributed by atoms with Crippen molar-refractivity contribution in [2.75, 3.05) is 0 Å². The molecule has 2 rings (SSSR count). The van der Waals surface area contributed by atoms with Crippen LogP contribution in [-0.4, -0.2) is 11.2 Å². The van der Waals surface area contributed by atoms with Crippen molar-refractivity contribution >= 4 is 11.8 Å². The first kappa shape index (κ1) is 8.20. The summed E-state index contributed by atoms with van der Waals surface area (Å²) in [6, 6.07) is 0. The first-order chi connectivity index (χ1) is 6.42. The maximum Gasteiger partial charge on any atom is 0.240 e. The molecule has 0 atom stereocenters. The number of hydrogen-bond donors (Lipinski definition) is 0. The van der Waals surface area contributed by atoms with Crippen LogP contribution in [-0.2, 0) is 4.79 Å². The summed E-state index contributed by atoms with van der Waals surface area (Å²) in [6.45, 7) is 0. The molecule has 0 aliphatic heterocycles. The number of hydrogen-bond acceptors (Lipinski definition) is 4. The lowest BCUT2D eigenvalue weighted by molar-refractivity contribution is 0.405. The van der Waals surface area contributed by atoms with E-state index in [2.05, 4.69) is 10.1 Å². The average molecular weight is 178 g/mol. The topological polar surface area (TPSA) is 55.5 Å². The molecule has 1 aliphatic rings. The van der Waals surface area contributed by atoms with Crippen molar-refractivity contribution < 1.29 is 9.32 Å². The van der Waals surface area contributed by atoms with Gasteiger partial charge in [0.25, 0.3) is 0 Å². The van der Waals surface area contributed by atoms with E-state index in [0.29, 0.717) is 11.6 Å². The summed E-state index contributed by atoms with van der Waals surface area (Å²) in [5, 5.41) is 3.87. The van der Waals surface area contributed by atoms with Crippen molar-refractivity contribution in [1.29, 1.82) is 0 Å². The molecule has 1 aromatic rings. The Morgan fingerprint density at radius 1 is 1.54 bits per heavy atom. The third kappa shape index (κ3) is 1.53. The van der Waals surface area contributed by atoms with Gasteiger partial charge in [-0.15, -0.1) is 0 Å². The quantitative estimate of drug-likeness (QED) is 0.515. The van der Waals surface area contributed by atoms with Crippen LogP contribution in [0.4, 0.5) is 5.69 Å². The minimum Gasteiger partial charge on any atom is -0.362 e. The molecule has 13 heavy (non-hydrogen) atoms. The molecular formula is C9H10N2O2. The summed E-state index contributed by atoms with van der Waals surface area (Å²) in [6.07, 6.45) is 7.60. The van der Waals surface area contributed by atoms with Gasteiger partial charge in [-0.3, -0.25) is 0 Å². The molecule has 1 saturated carbocycles. The highest BCUT2D eigenvalue weighted by Crippen LogP contribution is 2.37. The molecule has 1 aromatic heterocycles. The third-order valence-corrected chi connectivity index (χ3v) is 2.49. The zero-order chi connectivity index (χ0) is 9.10. The Balaban J connectivity index is 2.27. The second kappa shape index (κ2) is 3.54. The van der Waals surface area contributed by atoms with Crippen molar-refractivity contribution in [3.05, 3.63) is 12.0 Å². The fourth-order valence-corrected chi connectivity index (χ4v) is 1.86. The number of carbonyl (C=O) groups excluding carboxylic acids is 1. The van der Waals surface area contributed by atoms with Gasteiger partial charge in [0.1, 0.15) is 11.4 Å². The summed E-state index contributed by atoms with van der Waals surface area (Å²) in [4.78, 5) is 13.6. The monoisotopic (exact) mass is 178 g/mol. The Hall–Kier alpha value is -1.41. The lowest BCUT2D eigenvalue weighted by Crippen LogP contribution is -1.91. The van der Waals surface area contributed by atoms with Gasteiger partial charge in [0, 0.05) is 5.92 Å².